The van der Waals surface area contributed by atoms with Gasteiger partial charge in [-0.2, -0.15) is 11.8 Å². The number of thioether (sulfide) groups is 1. The van der Waals surface area contributed by atoms with Gasteiger partial charge in [0.1, 0.15) is 0 Å². The summed E-state index contributed by atoms with van der Waals surface area (Å²) < 4.78 is 0. The van der Waals surface area contributed by atoms with E-state index >= 15 is 0 Å². The summed E-state index contributed by atoms with van der Waals surface area (Å²) in [6.07, 6.45) is 1.09. The zero-order valence-corrected chi connectivity index (χ0v) is 12.1. The van der Waals surface area contributed by atoms with Crippen LogP contribution in [0.5, 0.6) is 0 Å². The average Bonchev–Trinajstić information content (AvgIpc) is 2.20. The molecule has 0 bridgehead atoms. The van der Waals surface area contributed by atoms with Crippen LogP contribution in [-0.4, -0.2) is 18.1 Å². The lowest BCUT2D eigenvalue weighted by molar-refractivity contribution is 0.992. The number of anilines is 1. The highest BCUT2D eigenvalue weighted by Crippen LogP contribution is 2.33. The molecule has 0 atom stereocenters. The summed E-state index contributed by atoms with van der Waals surface area (Å²) in [6.45, 7) is 3.03. The minimum atomic E-state index is 0.557. The van der Waals surface area contributed by atoms with Gasteiger partial charge in [-0.1, -0.05) is 41.7 Å². The molecule has 0 spiro atoms. The van der Waals surface area contributed by atoms with Gasteiger partial charge in [-0.25, -0.2) is 0 Å². The zero-order valence-electron chi connectivity index (χ0n) is 9.03. The van der Waals surface area contributed by atoms with E-state index in [0.29, 0.717) is 15.1 Å². The van der Waals surface area contributed by atoms with Crippen LogP contribution in [0.1, 0.15) is 13.3 Å². The van der Waals surface area contributed by atoms with E-state index in [-0.39, 0.29) is 0 Å². The Kier molecular flexibility index (Phi) is 6.74. The quantitative estimate of drug-likeness (QED) is 0.724. The average molecular weight is 299 g/mol. The van der Waals surface area contributed by atoms with Gasteiger partial charge in [-0.15, -0.1) is 0 Å². The molecule has 1 N–H and O–H groups in total. The molecule has 5 heteroatoms. The predicted molar refractivity (Wildman–Crippen MR) is 77.6 cm³/mol. The summed E-state index contributed by atoms with van der Waals surface area (Å²) in [5.74, 6) is 2.30. The van der Waals surface area contributed by atoms with Crippen molar-refractivity contribution in [2.45, 2.75) is 13.3 Å². The number of hydrogen-bond acceptors (Lipinski definition) is 2. The molecule has 0 amide bonds. The molecule has 0 aliphatic rings. The van der Waals surface area contributed by atoms with Crippen molar-refractivity contribution in [3.05, 3.63) is 27.2 Å². The van der Waals surface area contributed by atoms with Crippen LogP contribution >= 0.6 is 46.6 Å². The molecule has 0 heterocycles. The lowest BCUT2D eigenvalue weighted by atomic mass is 10.3. The first-order chi connectivity index (χ1) is 7.65. The van der Waals surface area contributed by atoms with Crippen molar-refractivity contribution < 1.29 is 0 Å². The predicted octanol–water partition coefficient (Wildman–Crippen LogP) is 5.20. The lowest BCUT2D eigenvalue weighted by Gasteiger charge is -2.10. The topological polar surface area (TPSA) is 12.0 Å². The molecule has 16 heavy (non-hydrogen) atoms. The number of nitrogens with one attached hydrogen (secondary N) is 1. The molecule has 1 nitrogen and oxygen atoms in total. The van der Waals surface area contributed by atoms with Crippen LogP contribution in [0.3, 0.4) is 0 Å². The maximum Gasteiger partial charge on any atom is 0.0720 e. The van der Waals surface area contributed by atoms with Gasteiger partial charge >= 0.3 is 0 Å². The first kappa shape index (κ1) is 14.3. The van der Waals surface area contributed by atoms with Crippen molar-refractivity contribution in [1.82, 2.24) is 0 Å². The molecule has 0 aliphatic carbocycles. The third-order valence-electron chi connectivity index (χ3n) is 1.98. The van der Waals surface area contributed by atoms with Crippen LogP contribution < -0.4 is 5.32 Å². The second-order valence-corrected chi connectivity index (χ2v) is 5.87. The minimum Gasteiger partial charge on any atom is -0.383 e. The van der Waals surface area contributed by atoms with Gasteiger partial charge in [0.2, 0.25) is 0 Å². The molecule has 1 aromatic rings. The highest BCUT2D eigenvalue weighted by atomic mass is 35.5. The van der Waals surface area contributed by atoms with Crippen LogP contribution in [0.2, 0.25) is 15.1 Å². The first-order valence-corrected chi connectivity index (χ1v) is 7.40. The summed E-state index contributed by atoms with van der Waals surface area (Å²) in [7, 11) is 0. The van der Waals surface area contributed by atoms with Crippen LogP contribution in [0.25, 0.3) is 0 Å². The third kappa shape index (κ3) is 4.62. The summed E-state index contributed by atoms with van der Waals surface area (Å²) >= 11 is 19.8. The van der Waals surface area contributed by atoms with E-state index in [4.69, 9.17) is 34.8 Å². The Morgan fingerprint density at radius 2 is 1.81 bits per heavy atom. The highest BCUT2D eigenvalue weighted by molar-refractivity contribution is 7.99. The molecule has 0 saturated carbocycles. The normalized spacial score (nSPS) is 10.5. The van der Waals surface area contributed by atoms with Crippen LogP contribution in [0.15, 0.2) is 12.1 Å². The molecule has 0 radical (unpaired) electrons. The largest absolute Gasteiger partial charge is 0.383 e. The maximum atomic E-state index is 6.04. The molecule has 1 aromatic carbocycles. The Hall–Kier alpha value is 0.240. The SMILES string of the molecule is CCSCCCNc1c(Cl)cc(Cl)cc1Cl. The second-order valence-electron chi connectivity index (χ2n) is 3.22. The van der Waals surface area contributed by atoms with Crippen molar-refractivity contribution in [1.29, 1.82) is 0 Å². The molecular weight excluding hydrogens is 285 g/mol. The van der Waals surface area contributed by atoms with Gasteiger partial charge < -0.3 is 5.32 Å². The molecule has 0 unspecified atom stereocenters. The highest BCUT2D eigenvalue weighted by Gasteiger charge is 2.06. The van der Waals surface area contributed by atoms with Crippen LogP contribution in [0.4, 0.5) is 5.69 Å². The van der Waals surface area contributed by atoms with Gasteiger partial charge in [0, 0.05) is 11.6 Å². The molecule has 0 saturated heterocycles. The molecule has 1 rings (SSSR count). The molecule has 90 valence electrons. The van der Waals surface area contributed by atoms with E-state index in [1.54, 1.807) is 12.1 Å². The Morgan fingerprint density at radius 1 is 1.19 bits per heavy atom. The number of hydrogen-bond donors (Lipinski definition) is 1. The second kappa shape index (κ2) is 7.54. The fourth-order valence-corrected chi connectivity index (χ4v) is 2.83. The zero-order chi connectivity index (χ0) is 12.0. The van der Waals surface area contributed by atoms with Gasteiger partial charge in [-0.05, 0) is 30.1 Å². The summed E-state index contributed by atoms with van der Waals surface area (Å²) in [6, 6.07) is 3.39. The van der Waals surface area contributed by atoms with Crippen LogP contribution in [-0.2, 0) is 0 Å². The smallest absolute Gasteiger partial charge is 0.0720 e. The Balaban J connectivity index is 2.47. The van der Waals surface area contributed by atoms with E-state index in [1.165, 1.54) is 0 Å². The maximum absolute atomic E-state index is 6.04. The van der Waals surface area contributed by atoms with Gasteiger partial charge in [0.25, 0.3) is 0 Å². The third-order valence-corrected chi connectivity index (χ3v) is 3.78. The van der Waals surface area contributed by atoms with Gasteiger partial charge in [0.15, 0.2) is 0 Å². The number of benzene rings is 1. The molecule has 0 aliphatic heterocycles. The van der Waals surface area contributed by atoms with E-state index in [9.17, 15) is 0 Å². The standard InChI is InChI=1S/C11H14Cl3NS/c1-2-16-5-3-4-15-11-9(13)6-8(12)7-10(11)14/h6-7,15H,2-5H2,1H3. The van der Waals surface area contributed by atoms with Gasteiger partial charge in [-0.3, -0.25) is 0 Å². The molecule has 0 fully saturated rings. The minimum absolute atomic E-state index is 0.557. The Labute approximate surface area is 116 Å². The Bertz CT molecular complexity index is 321. The molecule has 0 aromatic heterocycles. The monoisotopic (exact) mass is 297 g/mol. The summed E-state index contributed by atoms with van der Waals surface area (Å²) in [5.41, 5.74) is 0.772. The summed E-state index contributed by atoms with van der Waals surface area (Å²) in [4.78, 5) is 0. The van der Waals surface area contributed by atoms with Crippen molar-refractivity contribution in [2.24, 2.45) is 0 Å². The Morgan fingerprint density at radius 3 is 2.38 bits per heavy atom. The summed E-state index contributed by atoms with van der Waals surface area (Å²) in [5, 5.41) is 4.93. The number of rotatable bonds is 6. The number of halogens is 3. The fourth-order valence-electron chi connectivity index (χ4n) is 1.24. The van der Waals surface area contributed by atoms with E-state index in [1.807, 2.05) is 11.8 Å². The lowest BCUT2D eigenvalue weighted by Crippen LogP contribution is -2.03. The van der Waals surface area contributed by atoms with Crippen molar-refractivity contribution in [2.75, 3.05) is 23.4 Å². The van der Waals surface area contributed by atoms with Gasteiger partial charge in [0.05, 0.1) is 15.7 Å². The van der Waals surface area contributed by atoms with Crippen molar-refractivity contribution in [3.8, 4) is 0 Å². The fraction of sp³-hybridized carbons (Fsp3) is 0.455. The van der Waals surface area contributed by atoms with E-state index in [0.717, 1.165) is 30.2 Å². The van der Waals surface area contributed by atoms with Crippen molar-refractivity contribution in [3.63, 3.8) is 0 Å². The van der Waals surface area contributed by atoms with Crippen molar-refractivity contribution >= 4 is 52.3 Å². The van der Waals surface area contributed by atoms with E-state index in [2.05, 4.69) is 12.2 Å². The molecular formula is C11H14Cl3NS. The van der Waals surface area contributed by atoms with Crippen LogP contribution in [0, 0.1) is 0 Å². The van der Waals surface area contributed by atoms with E-state index < -0.39 is 0 Å². The first-order valence-electron chi connectivity index (χ1n) is 5.11.